The van der Waals surface area contributed by atoms with E-state index in [9.17, 15) is 13.2 Å². The molecule has 0 fully saturated rings. The third kappa shape index (κ3) is 5.15. The molecule has 6 nitrogen and oxygen atoms in total. The highest BCUT2D eigenvalue weighted by Crippen LogP contribution is 2.11. The fraction of sp³-hybridized carbons (Fsp3) is 0.364. The summed E-state index contributed by atoms with van der Waals surface area (Å²) in [6.07, 6.45) is 0.318. The lowest BCUT2D eigenvalue weighted by Gasteiger charge is -2.05. The van der Waals surface area contributed by atoms with Crippen LogP contribution in [0.2, 0.25) is 0 Å². The summed E-state index contributed by atoms with van der Waals surface area (Å²) in [6.45, 7) is -0.592. The number of benzene rings is 1. The average molecular weight is 273 g/mol. The van der Waals surface area contributed by atoms with E-state index in [0.29, 0.717) is 12.2 Å². The van der Waals surface area contributed by atoms with Gasteiger partial charge in [0, 0.05) is 0 Å². The summed E-state index contributed by atoms with van der Waals surface area (Å²) in [7, 11) is -2.00. The molecule has 0 radical (unpaired) electrons. The Morgan fingerprint density at radius 3 is 2.44 bits per heavy atom. The Balaban J connectivity index is 2.50. The van der Waals surface area contributed by atoms with Crippen molar-refractivity contribution in [3.05, 3.63) is 29.8 Å². The summed E-state index contributed by atoms with van der Waals surface area (Å²) in [4.78, 5) is 10.2. The number of hydrogen-bond acceptors (Lipinski definition) is 4. The lowest BCUT2D eigenvalue weighted by molar-refractivity contribution is -0.135. The van der Waals surface area contributed by atoms with E-state index in [1.54, 1.807) is 31.4 Å². The summed E-state index contributed by atoms with van der Waals surface area (Å²) in [6, 6.07) is 7.02. The van der Waals surface area contributed by atoms with E-state index in [1.165, 1.54) is 0 Å². The molecule has 0 bridgehead atoms. The summed E-state index contributed by atoms with van der Waals surface area (Å²) < 4.78 is 29.8. The van der Waals surface area contributed by atoms with Gasteiger partial charge in [-0.1, -0.05) is 12.1 Å². The van der Waals surface area contributed by atoms with E-state index in [4.69, 9.17) is 9.84 Å². The van der Waals surface area contributed by atoms with Gasteiger partial charge < -0.3 is 9.84 Å². The van der Waals surface area contributed by atoms with Gasteiger partial charge in [-0.3, -0.25) is 4.79 Å². The van der Waals surface area contributed by atoms with Gasteiger partial charge in [-0.05, 0) is 24.1 Å². The van der Waals surface area contributed by atoms with Gasteiger partial charge in [0.25, 0.3) is 0 Å². The molecule has 0 aliphatic carbocycles. The molecule has 0 amide bonds. The molecule has 0 heterocycles. The van der Waals surface area contributed by atoms with Crippen LogP contribution in [0, 0.1) is 0 Å². The lowest BCUT2D eigenvalue weighted by Crippen LogP contribution is -2.31. The van der Waals surface area contributed by atoms with Crippen LogP contribution in [0.5, 0.6) is 5.75 Å². The second kappa shape index (κ2) is 6.36. The van der Waals surface area contributed by atoms with E-state index in [2.05, 4.69) is 0 Å². The maximum atomic E-state index is 11.4. The molecule has 0 aromatic heterocycles. The van der Waals surface area contributed by atoms with Gasteiger partial charge in [0.2, 0.25) is 10.0 Å². The standard InChI is InChI=1S/C11H15NO5S/c1-17-10-4-2-9(3-5-10)6-7-18(15,16)12-8-11(13)14/h2-5,12H,6-8H2,1H3,(H,13,14). The van der Waals surface area contributed by atoms with Gasteiger partial charge in [0.1, 0.15) is 12.3 Å². The minimum Gasteiger partial charge on any atom is -0.497 e. The van der Waals surface area contributed by atoms with Crippen molar-refractivity contribution in [2.24, 2.45) is 0 Å². The van der Waals surface area contributed by atoms with Crippen LogP contribution in [0.4, 0.5) is 0 Å². The van der Waals surface area contributed by atoms with E-state index in [-0.39, 0.29) is 5.75 Å². The maximum absolute atomic E-state index is 11.4. The van der Waals surface area contributed by atoms with Crippen LogP contribution in [0.1, 0.15) is 5.56 Å². The number of carboxylic acid groups (broad SMARTS) is 1. The first-order valence-corrected chi connectivity index (χ1v) is 6.90. The lowest BCUT2D eigenvalue weighted by atomic mass is 10.2. The Hall–Kier alpha value is -1.60. The number of sulfonamides is 1. The minimum atomic E-state index is -3.55. The van der Waals surface area contributed by atoms with Gasteiger partial charge in [-0.15, -0.1) is 0 Å². The number of carbonyl (C=O) groups is 1. The van der Waals surface area contributed by atoms with Crippen molar-refractivity contribution in [2.45, 2.75) is 6.42 Å². The molecule has 0 saturated carbocycles. The second-order valence-electron chi connectivity index (χ2n) is 3.63. The fourth-order valence-electron chi connectivity index (χ4n) is 1.29. The third-order valence-corrected chi connectivity index (χ3v) is 3.59. The fourth-order valence-corrected chi connectivity index (χ4v) is 2.28. The molecule has 18 heavy (non-hydrogen) atoms. The predicted molar refractivity (Wildman–Crippen MR) is 66.1 cm³/mol. The second-order valence-corrected chi connectivity index (χ2v) is 5.56. The first-order chi connectivity index (χ1) is 8.43. The largest absolute Gasteiger partial charge is 0.497 e. The number of rotatable bonds is 7. The van der Waals surface area contributed by atoms with Gasteiger partial charge >= 0.3 is 5.97 Å². The molecule has 0 aliphatic heterocycles. The predicted octanol–water partition coefficient (Wildman–Crippen LogP) is 0.242. The highest BCUT2D eigenvalue weighted by molar-refractivity contribution is 7.89. The van der Waals surface area contributed by atoms with Gasteiger partial charge in [0.15, 0.2) is 0 Å². The van der Waals surface area contributed by atoms with Crippen molar-refractivity contribution >= 4 is 16.0 Å². The maximum Gasteiger partial charge on any atom is 0.318 e. The monoisotopic (exact) mass is 273 g/mol. The molecule has 7 heteroatoms. The molecule has 0 aliphatic rings. The topological polar surface area (TPSA) is 92.7 Å². The van der Waals surface area contributed by atoms with Gasteiger partial charge in [-0.25, -0.2) is 13.1 Å². The van der Waals surface area contributed by atoms with Crippen LogP contribution >= 0.6 is 0 Å². The van der Waals surface area contributed by atoms with E-state index >= 15 is 0 Å². The summed E-state index contributed by atoms with van der Waals surface area (Å²) >= 11 is 0. The summed E-state index contributed by atoms with van der Waals surface area (Å²) in [5.74, 6) is -0.652. The molecule has 2 N–H and O–H groups in total. The first kappa shape index (κ1) is 14.5. The highest BCUT2D eigenvalue weighted by atomic mass is 32.2. The van der Waals surface area contributed by atoms with Crippen molar-refractivity contribution in [1.29, 1.82) is 0 Å². The molecule has 0 unspecified atom stereocenters. The number of carboxylic acids is 1. The zero-order chi connectivity index (χ0) is 13.6. The van der Waals surface area contributed by atoms with Crippen molar-refractivity contribution < 1.29 is 23.1 Å². The van der Waals surface area contributed by atoms with Crippen LogP contribution in [0.3, 0.4) is 0 Å². The molecule has 1 rings (SSSR count). The van der Waals surface area contributed by atoms with Crippen LogP contribution in [-0.4, -0.2) is 38.9 Å². The number of nitrogens with one attached hydrogen (secondary N) is 1. The number of methoxy groups -OCH3 is 1. The Morgan fingerprint density at radius 1 is 1.33 bits per heavy atom. The Bertz CT molecular complexity index is 495. The average Bonchev–Trinajstić information content (AvgIpc) is 2.35. The normalized spacial score (nSPS) is 11.2. The van der Waals surface area contributed by atoms with Crippen LogP contribution in [-0.2, 0) is 21.2 Å². The first-order valence-electron chi connectivity index (χ1n) is 5.25. The summed E-state index contributed by atoms with van der Waals surface area (Å²) in [5, 5.41) is 8.38. The van der Waals surface area contributed by atoms with Crippen LogP contribution < -0.4 is 9.46 Å². The van der Waals surface area contributed by atoms with Crippen LogP contribution in [0.25, 0.3) is 0 Å². The third-order valence-electron chi connectivity index (χ3n) is 2.26. The Kier molecular flexibility index (Phi) is 5.11. The number of aliphatic carboxylic acids is 1. The molecule has 1 aromatic carbocycles. The van der Waals surface area contributed by atoms with Gasteiger partial charge in [0.05, 0.1) is 12.9 Å². The molecular weight excluding hydrogens is 258 g/mol. The molecule has 100 valence electrons. The molecule has 0 saturated heterocycles. The molecule has 1 aromatic rings. The zero-order valence-electron chi connectivity index (χ0n) is 9.92. The smallest absolute Gasteiger partial charge is 0.318 e. The number of hydrogen-bond donors (Lipinski definition) is 2. The SMILES string of the molecule is COc1ccc(CCS(=O)(=O)NCC(=O)O)cc1. The Morgan fingerprint density at radius 2 is 1.94 bits per heavy atom. The van der Waals surface area contributed by atoms with Crippen molar-refractivity contribution in [2.75, 3.05) is 19.4 Å². The minimum absolute atomic E-state index is 0.146. The number of ether oxygens (including phenoxy) is 1. The van der Waals surface area contributed by atoms with E-state index in [0.717, 1.165) is 5.56 Å². The van der Waals surface area contributed by atoms with Crippen molar-refractivity contribution in [3.63, 3.8) is 0 Å². The highest BCUT2D eigenvalue weighted by Gasteiger charge is 2.11. The van der Waals surface area contributed by atoms with Crippen molar-refractivity contribution in [1.82, 2.24) is 4.72 Å². The van der Waals surface area contributed by atoms with Gasteiger partial charge in [-0.2, -0.15) is 0 Å². The van der Waals surface area contributed by atoms with Crippen LogP contribution in [0.15, 0.2) is 24.3 Å². The molecule has 0 spiro atoms. The number of aryl methyl sites for hydroxylation is 1. The quantitative estimate of drug-likeness (QED) is 0.742. The Labute approximate surface area is 106 Å². The van der Waals surface area contributed by atoms with E-state index in [1.807, 2.05) is 4.72 Å². The zero-order valence-corrected chi connectivity index (χ0v) is 10.7. The van der Waals surface area contributed by atoms with Crippen molar-refractivity contribution in [3.8, 4) is 5.75 Å². The molecule has 0 atom stereocenters. The summed E-state index contributed by atoms with van der Waals surface area (Å²) in [5.41, 5.74) is 0.844. The molecular formula is C11H15NO5S. The van der Waals surface area contributed by atoms with E-state index < -0.39 is 22.5 Å².